The molecule has 2 fully saturated rings. The lowest BCUT2D eigenvalue weighted by Gasteiger charge is -2.32. The number of hydrogen-bond acceptors (Lipinski definition) is 2. The molecule has 2 aliphatic carbocycles. The van der Waals surface area contributed by atoms with E-state index in [1.807, 2.05) is 0 Å². The van der Waals surface area contributed by atoms with E-state index in [9.17, 15) is 4.79 Å². The topological polar surface area (TPSA) is 55.1 Å². The summed E-state index contributed by atoms with van der Waals surface area (Å²) in [5, 5.41) is 3.18. The molecule has 0 bridgehead atoms. The summed E-state index contributed by atoms with van der Waals surface area (Å²) in [6.45, 7) is 3.05. The third kappa shape index (κ3) is 3.33. The van der Waals surface area contributed by atoms with E-state index in [0.29, 0.717) is 4.99 Å². The van der Waals surface area contributed by atoms with Crippen LogP contribution in [0.15, 0.2) is 0 Å². The first kappa shape index (κ1) is 15.7. The van der Waals surface area contributed by atoms with Crippen LogP contribution in [0.4, 0.5) is 0 Å². The van der Waals surface area contributed by atoms with Crippen LogP contribution < -0.4 is 11.1 Å². The van der Waals surface area contributed by atoms with Gasteiger partial charge in [0.2, 0.25) is 5.91 Å². The summed E-state index contributed by atoms with van der Waals surface area (Å²) in [5.41, 5.74) is 5.65. The number of carbonyl (C=O) groups is 1. The number of nitrogens with two attached hydrogens (primary N) is 1. The van der Waals surface area contributed by atoms with Crippen LogP contribution in [0.1, 0.15) is 71.1 Å². The normalized spacial score (nSPS) is 24.9. The van der Waals surface area contributed by atoms with Gasteiger partial charge in [-0.1, -0.05) is 57.7 Å². The number of thiocarbonyl (C=S) groups is 1. The van der Waals surface area contributed by atoms with E-state index in [1.165, 1.54) is 38.5 Å². The van der Waals surface area contributed by atoms with E-state index in [4.69, 9.17) is 18.0 Å². The summed E-state index contributed by atoms with van der Waals surface area (Å²) < 4.78 is 0. The van der Waals surface area contributed by atoms with Gasteiger partial charge in [-0.05, 0) is 31.1 Å². The molecule has 0 aromatic rings. The zero-order valence-corrected chi connectivity index (χ0v) is 13.5. The zero-order valence-electron chi connectivity index (χ0n) is 12.7. The molecule has 0 aromatic heterocycles. The number of hydrogen-bond donors (Lipinski definition) is 2. The lowest BCUT2D eigenvalue weighted by Crippen LogP contribution is -2.50. The maximum atomic E-state index is 12.7. The highest BCUT2D eigenvalue weighted by atomic mass is 32.1. The summed E-state index contributed by atoms with van der Waals surface area (Å²) in [4.78, 5) is 13.1. The Morgan fingerprint density at radius 2 is 1.55 bits per heavy atom. The van der Waals surface area contributed by atoms with Gasteiger partial charge >= 0.3 is 0 Å². The minimum absolute atomic E-state index is 0.0834. The molecule has 0 spiro atoms. The maximum absolute atomic E-state index is 12.7. The highest BCUT2D eigenvalue weighted by Crippen LogP contribution is 2.38. The predicted octanol–water partition coefficient (Wildman–Crippen LogP) is 3.31. The third-order valence-corrected chi connectivity index (χ3v) is 5.74. The van der Waals surface area contributed by atoms with Gasteiger partial charge in [0.25, 0.3) is 0 Å². The van der Waals surface area contributed by atoms with Gasteiger partial charge in [0.05, 0.1) is 10.4 Å². The van der Waals surface area contributed by atoms with Crippen molar-refractivity contribution in [2.75, 3.05) is 6.54 Å². The number of rotatable bonds is 4. The van der Waals surface area contributed by atoms with Gasteiger partial charge in [-0.2, -0.15) is 0 Å². The van der Waals surface area contributed by atoms with Crippen LogP contribution in [0.3, 0.4) is 0 Å². The smallest absolute Gasteiger partial charge is 0.233 e. The van der Waals surface area contributed by atoms with Crippen LogP contribution in [0.2, 0.25) is 0 Å². The van der Waals surface area contributed by atoms with Crippen molar-refractivity contribution in [3.63, 3.8) is 0 Å². The fourth-order valence-electron chi connectivity index (χ4n) is 3.79. The average molecular weight is 296 g/mol. The molecule has 0 unspecified atom stereocenters. The zero-order chi connectivity index (χ0) is 14.6. The average Bonchev–Trinajstić information content (AvgIpc) is 2.70. The summed E-state index contributed by atoms with van der Waals surface area (Å²) in [7, 11) is 0. The summed E-state index contributed by atoms with van der Waals surface area (Å²) in [6, 6.07) is 0. The van der Waals surface area contributed by atoms with Gasteiger partial charge in [-0.15, -0.1) is 0 Å². The second kappa shape index (κ2) is 6.42. The Hall–Kier alpha value is -0.640. The molecular weight excluding hydrogens is 268 g/mol. The van der Waals surface area contributed by atoms with Crippen molar-refractivity contribution in [1.29, 1.82) is 0 Å². The lowest BCUT2D eigenvalue weighted by molar-refractivity contribution is -0.128. The summed E-state index contributed by atoms with van der Waals surface area (Å²) in [5.74, 6) is 0.0834. The highest BCUT2D eigenvalue weighted by Gasteiger charge is 2.42. The second-order valence-electron chi connectivity index (χ2n) is 7.06. The molecule has 4 heteroatoms. The van der Waals surface area contributed by atoms with Gasteiger partial charge < -0.3 is 11.1 Å². The molecule has 3 nitrogen and oxygen atoms in total. The monoisotopic (exact) mass is 296 g/mol. The molecule has 0 aliphatic heterocycles. The van der Waals surface area contributed by atoms with Gasteiger partial charge in [0.1, 0.15) is 0 Å². The molecule has 1 amide bonds. The Labute approximate surface area is 128 Å². The molecule has 2 aliphatic rings. The Kier molecular flexibility index (Phi) is 5.05. The molecule has 0 heterocycles. The van der Waals surface area contributed by atoms with Crippen molar-refractivity contribution >= 4 is 23.1 Å². The Bertz CT molecular complexity index is 367. The molecule has 114 valence electrons. The molecule has 0 radical (unpaired) electrons. The molecular formula is C16H28N2OS. The summed E-state index contributed by atoms with van der Waals surface area (Å²) in [6.07, 6.45) is 11.1. The minimum atomic E-state index is -0.583. The first-order chi connectivity index (χ1) is 9.49. The van der Waals surface area contributed by atoms with Crippen LogP contribution in [-0.4, -0.2) is 17.4 Å². The fourth-order valence-corrected chi connectivity index (χ4v) is 4.08. The van der Waals surface area contributed by atoms with E-state index >= 15 is 0 Å². The fraction of sp³-hybridized carbons (Fsp3) is 0.875. The number of carbonyl (C=O) groups excluding carboxylic acids is 1. The molecule has 3 N–H and O–H groups in total. The molecule has 0 saturated heterocycles. The molecule has 0 aromatic carbocycles. The highest BCUT2D eigenvalue weighted by molar-refractivity contribution is 7.80. The van der Waals surface area contributed by atoms with Gasteiger partial charge in [0, 0.05) is 6.54 Å². The lowest BCUT2D eigenvalue weighted by atomic mass is 9.78. The van der Waals surface area contributed by atoms with E-state index in [2.05, 4.69) is 12.2 Å². The molecule has 2 rings (SSSR count). The molecule has 0 atom stereocenters. The van der Waals surface area contributed by atoms with Gasteiger partial charge in [-0.3, -0.25) is 4.79 Å². The number of amides is 1. The van der Waals surface area contributed by atoms with Gasteiger partial charge in [0.15, 0.2) is 0 Å². The van der Waals surface area contributed by atoms with Crippen LogP contribution in [0.25, 0.3) is 0 Å². The first-order valence-electron chi connectivity index (χ1n) is 8.07. The Balaban J connectivity index is 2.01. The predicted molar refractivity (Wildman–Crippen MR) is 86.5 cm³/mol. The molecule has 2 saturated carbocycles. The Morgan fingerprint density at radius 1 is 1.05 bits per heavy atom. The van der Waals surface area contributed by atoms with Crippen molar-refractivity contribution in [3.8, 4) is 0 Å². The minimum Gasteiger partial charge on any atom is -0.392 e. The second-order valence-corrected chi connectivity index (χ2v) is 7.50. The van der Waals surface area contributed by atoms with E-state index in [0.717, 1.165) is 32.2 Å². The van der Waals surface area contributed by atoms with E-state index in [1.54, 1.807) is 0 Å². The first-order valence-corrected chi connectivity index (χ1v) is 8.48. The van der Waals surface area contributed by atoms with E-state index < -0.39 is 5.41 Å². The van der Waals surface area contributed by atoms with Crippen molar-refractivity contribution in [3.05, 3.63) is 0 Å². The Morgan fingerprint density at radius 3 is 2.05 bits per heavy atom. The van der Waals surface area contributed by atoms with Crippen LogP contribution in [-0.2, 0) is 4.79 Å². The van der Waals surface area contributed by atoms with Crippen molar-refractivity contribution in [1.82, 2.24) is 5.32 Å². The van der Waals surface area contributed by atoms with Crippen molar-refractivity contribution in [2.24, 2.45) is 16.6 Å². The van der Waals surface area contributed by atoms with Gasteiger partial charge in [-0.25, -0.2) is 0 Å². The standard InChI is InChI=1S/C16H28N2OS/c1-15(8-6-7-9-15)12-18-14(19)16(13(17)20)10-4-2-3-5-11-16/h2-12H2,1H3,(H2,17,20)(H,18,19). The SMILES string of the molecule is CC1(CNC(=O)C2(C(N)=S)CCCCCC2)CCCC1. The quantitative estimate of drug-likeness (QED) is 0.618. The molecule has 20 heavy (non-hydrogen) atoms. The van der Waals surface area contributed by atoms with Crippen LogP contribution >= 0.6 is 12.2 Å². The largest absolute Gasteiger partial charge is 0.392 e. The summed E-state index contributed by atoms with van der Waals surface area (Å²) >= 11 is 5.26. The van der Waals surface area contributed by atoms with Crippen LogP contribution in [0, 0.1) is 10.8 Å². The number of nitrogens with one attached hydrogen (secondary N) is 1. The van der Waals surface area contributed by atoms with E-state index in [-0.39, 0.29) is 11.3 Å². The third-order valence-electron chi connectivity index (χ3n) is 5.35. The van der Waals surface area contributed by atoms with Crippen molar-refractivity contribution in [2.45, 2.75) is 71.1 Å². The van der Waals surface area contributed by atoms with Crippen LogP contribution in [0.5, 0.6) is 0 Å². The maximum Gasteiger partial charge on any atom is 0.233 e. The van der Waals surface area contributed by atoms with Crippen molar-refractivity contribution < 1.29 is 4.79 Å².